The molecule has 6 rings (SSSR count). The van der Waals surface area contributed by atoms with Crippen LogP contribution >= 0.6 is 0 Å². The molecule has 0 bridgehead atoms. The first-order valence-corrected chi connectivity index (χ1v) is 10.3. The van der Waals surface area contributed by atoms with Gasteiger partial charge >= 0.3 is 0 Å². The van der Waals surface area contributed by atoms with E-state index in [1.165, 1.54) is 16.7 Å². The Balaban J connectivity index is 1.44. The van der Waals surface area contributed by atoms with Crippen LogP contribution in [0.3, 0.4) is 0 Å². The number of para-hydroxylation sites is 1. The third-order valence-electron chi connectivity index (χ3n) is 6.10. The van der Waals surface area contributed by atoms with Gasteiger partial charge in [0.1, 0.15) is 5.75 Å². The summed E-state index contributed by atoms with van der Waals surface area (Å²) in [6.07, 6.45) is 0.568. The summed E-state index contributed by atoms with van der Waals surface area (Å²) < 4.78 is 17.5. The van der Waals surface area contributed by atoms with Crippen LogP contribution < -0.4 is 14.2 Å². The van der Waals surface area contributed by atoms with Gasteiger partial charge in [-0.2, -0.15) is 5.10 Å². The number of hydrogen-bond donors (Lipinski definition) is 0. The van der Waals surface area contributed by atoms with Gasteiger partial charge in [-0.1, -0.05) is 42.0 Å². The largest absolute Gasteiger partial charge is 0.464 e. The molecule has 0 saturated heterocycles. The number of hydrazone groups is 1. The van der Waals surface area contributed by atoms with Gasteiger partial charge in [0.2, 0.25) is 13.0 Å². The number of ether oxygens (including phenoxy) is 3. The first kappa shape index (κ1) is 17.4. The summed E-state index contributed by atoms with van der Waals surface area (Å²) >= 11 is 0. The van der Waals surface area contributed by atoms with Gasteiger partial charge in [-0.05, 0) is 43.7 Å². The van der Waals surface area contributed by atoms with Crippen molar-refractivity contribution in [3.05, 3.63) is 88.5 Å². The summed E-state index contributed by atoms with van der Waals surface area (Å²) in [5, 5.41) is 7.18. The molecule has 3 aliphatic heterocycles. The minimum absolute atomic E-state index is 0.140. The fourth-order valence-corrected chi connectivity index (χ4v) is 4.59. The normalized spacial score (nSPS) is 21.0. The van der Waals surface area contributed by atoms with Crippen LogP contribution in [0, 0.1) is 13.8 Å². The van der Waals surface area contributed by atoms with Crippen LogP contribution in [0.25, 0.3) is 0 Å². The van der Waals surface area contributed by atoms with E-state index < -0.39 is 0 Å². The predicted molar refractivity (Wildman–Crippen MR) is 114 cm³/mol. The van der Waals surface area contributed by atoms with Gasteiger partial charge in [0.05, 0.1) is 11.8 Å². The predicted octanol–water partition coefficient (Wildman–Crippen LogP) is 5.27. The molecule has 3 aromatic carbocycles. The molecule has 0 radical (unpaired) electrons. The maximum absolute atomic E-state index is 6.48. The molecule has 3 aromatic rings. The smallest absolute Gasteiger partial charge is 0.231 e. The lowest BCUT2D eigenvalue weighted by Gasteiger charge is -2.38. The van der Waals surface area contributed by atoms with Crippen LogP contribution in [0.1, 0.15) is 46.5 Å². The highest BCUT2D eigenvalue weighted by molar-refractivity contribution is 6.02. The van der Waals surface area contributed by atoms with E-state index in [1.54, 1.807) is 0 Å². The number of benzene rings is 3. The fraction of sp³-hybridized carbons (Fsp3) is 0.240. The van der Waals surface area contributed by atoms with E-state index in [2.05, 4.69) is 61.3 Å². The molecule has 0 aliphatic carbocycles. The van der Waals surface area contributed by atoms with E-state index in [1.807, 2.05) is 18.2 Å². The Morgan fingerprint density at radius 1 is 0.867 bits per heavy atom. The third-order valence-corrected chi connectivity index (χ3v) is 6.10. The summed E-state index contributed by atoms with van der Waals surface area (Å²) in [6, 6.07) is 21.0. The highest BCUT2D eigenvalue weighted by Crippen LogP contribution is 2.48. The molecular formula is C25H22N2O3. The Morgan fingerprint density at radius 3 is 2.63 bits per heavy atom. The second-order valence-electron chi connectivity index (χ2n) is 8.08. The van der Waals surface area contributed by atoms with Crippen LogP contribution in [0.5, 0.6) is 17.2 Å². The lowest BCUT2D eigenvalue weighted by molar-refractivity contribution is -0.0194. The monoisotopic (exact) mass is 398 g/mol. The zero-order chi connectivity index (χ0) is 20.2. The molecule has 0 spiro atoms. The van der Waals surface area contributed by atoms with Crippen molar-refractivity contribution in [2.45, 2.75) is 32.5 Å². The van der Waals surface area contributed by atoms with Gasteiger partial charge in [0.15, 0.2) is 11.5 Å². The molecule has 150 valence electrons. The molecular weight excluding hydrogens is 376 g/mol. The van der Waals surface area contributed by atoms with Crippen LogP contribution in [-0.2, 0) is 0 Å². The van der Waals surface area contributed by atoms with Gasteiger partial charge in [0.25, 0.3) is 0 Å². The molecule has 2 atom stereocenters. The molecule has 5 heteroatoms. The lowest BCUT2D eigenvalue weighted by atomic mass is 9.95. The van der Waals surface area contributed by atoms with Gasteiger partial charge in [-0.3, -0.25) is 0 Å². The standard InChI is InChI=1S/C25H22N2O3/c1-15-7-9-18(16(2)11-15)25-27-21(19-5-3-4-6-22(19)30-25)13-20(26-27)17-8-10-23-24(12-17)29-14-28-23/h3-12,21,25H,13-14H2,1-2H3. The second-order valence-corrected chi connectivity index (χ2v) is 8.08. The van der Waals surface area contributed by atoms with Gasteiger partial charge in [-0.25, -0.2) is 5.01 Å². The van der Waals surface area contributed by atoms with Crippen molar-refractivity contribution in [3.63, 3.8) is 0 Å². The average Bonchev–Trinajstić information content (AvgIpc) is 3.40. The third kappa shape index (κ3) is 2.65. The minimum atomic E-state index is -0.253. The molecule has 0 amide bonds. The van der Waals surface area contributed by atoms with E-state index in [9.17, 15) is 0 Å². The zero-order valence-electron chi connectivity index (χ0n) is 17.0. The molecule has 3 heterocycles. The van der Waals surface area contributed by atoms with Crippen molar-refractivity contribution in [1.82, 2.24) is 5.01 Å². The summed E-state index contributed by atoms with van der Waals surface area (Å²) in [5.74, 6) is 2.51. The van der Waals surface area contributed by atoms with Crippen molar-refractivity contribution < 1.29 is 14.2 Å². The van der Waals surface area contributed by atoms with Crippen molar-refractivity contribution in [3.8, 4) is 17.2 Å². The molecule has 0 N–H and O–H groups in total. The second kappa shape index (κ2) is 6.52. The van der Waals surface area contributed by atoms with Crippen molar-refractivity contribution in [2.24, 2.45) is 5.10 Å². The molecule has 30 heavy (non-hydrogen) atoms. The maximum Gasteiger partial charge on any atom is 0.231 e. The van der Waals surface area contributed by atoms with Crippen LogP contribution in [-0.4, -0.2) is 17.5 Å². The van der Waals surface area contributed by atoms with E-state index in [0.29, 0.717) is 0 Å². The minimum Gasteiger partial charge on any atom is -0.464 e. The number of hydrogen-bond acceptors (Lipinski definition) is 5. The molecule has 0 saturated carbocycles. The van der Waals surface area contributed by atoms with Crippen LogP contribution in [0.15, 0.2) is 65.8 Å². The molecule has 5 nitrogen and oxygen atoms in total. The van der Waals surface area contributed by atoms with Gasteiger partial charge < -0.3 is 14.2 Å². The highest BCUT2D eigenvalue weighted by atomic mass is 16.7. The van der Waals surface area contributed by atoms with Crippen LogP contribution in [0.4, 0.5) is 0 Å². The lowest BCUT2D eigenvalue weighted by Crippen LogP contribution is -2.34. The summed E-state index contributed by atoms with van der Waals surface area (Å²) in [6.45, 7) is 4.53. The topological polar surface area (TPSA) is 43.3 Å². The quantitative estimate of drug-likeness (QED) is 0.589. The van der Waals surface area contributed by atoms with E-state index in [4.69, 9.17) is 19.3 Å². The van der Waals surface area contributed by atoms with Crippen molar-refractivity contribution in [1.29, 1.82) is 0 Å². The highest BCUT2D eigenvalue weighted by Gasteiger charge is 2.41. The van der Waals surface area contributed by atoms with Crippen molar-refractivity contribution in [2.75, 3.05) is 6.79 Å². The van der Waals surface area contributed by atoms with E-state index in [-0.39, 0.29) is 19.1 Å². The van der Waals surface area contributed by atoms with Crippen LogP contribution in [0.2, 0.25) is 0 Å². The molecule has 3 aliphatic rings. The summed E-state index contributed by atoms with van der Waals surface area (Å²) in [4.78, 5) is 0. The fourth-order valence-electron chi connectivity index (χ4n) is 4.59. The Bertz CT molecular complexity index is 1190. The summed E-state index contributed by atoms with van der Waals surface area (Å²) in [7, 11) is 0. The first-order chi connectivity index (χ1) is 14.7. The number of nitrogens with zero attached hydrogens (tertiary/aromatic N) is 2. The van der Waals surface area contributed by atoms with Gasteiger partial charge in [0, 0.05) is 23.1 Å². The van der Waals surface area contributed by atoms with E-state index >= 15 is 0 Å². The Morgan fingerprint density at radius 2 is 1.73 bits per heavy atom. The number of fused-ring (bicyclic) bond motifs is 4. The Hall–Kier alpha value is -3.47. The Labute approximate surface area is 175 Å². The zero-order valence-corrected chi connectivity index (χ0v) is 17.0. The summed E-state index contributed by atoms with van der Waals surface area (Å²) in [5.41, 5.74) is 6.88. The van der Waals surface area contributed by atoms with Gasteiger partial charge in [-0.15, -0.1) is 0 Å². The molecule has 2 unspecified atom stereocenters. The average molecular weight is 398 g/mol. The number of rotatable bonds is 2. The molecule has 0 fully saturated rings. The SMILES string of the molecule is Cc1ccc(C2Oc3ccccc3C3CC(c4ccc5c(c4)OCO5)=NN32)c(C)c1. The Kier molecular flexibility index (Phi) is 3.78. The van der Waals surface area contributed by atoms with E-state index in [0.717, 1.165) is 40.5 Å². The number of aryl methyl sites for hydroxylation is 2. The first-order valence-electron chi connectivity index (χ1n) is 10.3. The molecule has 0 aromatic heterocycles. The van der Waals surface area contributed by atoms with Crippen molar-refractivity contribution >= 4 is 5.71 Å². The maximum atomic E-state index is 6.48.